The van der Waals surface area contributed by atoms with Gasteiger partial charge >= 0.3 is 120 Å². The molecule has 8 heteroatoms. The zero-order valence-electron chi connectivity index (χ0n) is 9.92. The number of nitrogens with zero attached hydrogens (tertiary/aromatic N) is 2. The summed E-state index contributed by atoms with van der Waals surface area (Å²) in [5, 5.41) is 18.1. The quantitative estimate of drug-likeness (QED) is 0.663. The van der Waals surface area contributed by atoms with E-state index in [9.17, 15) is 18.3 Å². The molecular weight excluding hydrogens is 344 g/mol. The van der Waals surface area contributed by atoms with E-state index in [4.69, 9.17) is 16.9 Å². The molecule has 0 bridgehead atoms. The normalized spacial score (nSPS) is 13.7. The standard InChI is InChI=1S/C11H11AsClF3N2O/c1-2-6(19)4-12-9-3-8(11(14,15)16)7(5-17)10(13)18-9/h3,6,12,19H,2,4H2,1H3. The van der Waals surface area contributed by atoms with Gasteiger partial charge in [-0.2, -0.15) is 0 Å². The zero-order valence-corrected chi connectivity index (χ0v) is 12.8. The van der Waals surface area contributed by atoms with Crippen LogP contribution in [0.5, 0.6) is 0 Å². The van der Waals surface area contributed by atoms with Crippen LogP contribution in [0.1, 0.15) is 24.5 Å². The molecule has 0 saturated heterocycles. The molecule has 0 spiro atoms. The molecule has 1 heterocycles. The van der Waals surface area contributed by atoms with Gasteiger partial charge in [0.15, 0.2) is 0 Å². The molecule has 0 amide bonds. The number of aliphatic hydroxyl groups excluding tert-OH is 1. The Morgan fingerprint density at radius 1 is 1.58 bits per heavy atom. The molecule has 2 unspecified atom stereocenters. The number of rotatable bonds is 4. The van der Waals surface area contributed by atoms with Gasteiger partial charge in [-0.25, -0.2) is 0 Å². The molecule has 0 aliphatic heterocycles. The Labute approximate surface area is 120 Å². The Kier molecular flexibility index (Phi) is 5.66. The van der Waals surface area contributed by atoms with Crippen LogP contribution in [-0.2, 0) is 6.18 Å². The first-order valence-electron chi connectivity index (χ1n) is 5.39. The molecule has 0 aliphatic rings. The van der Waals surface area contributed by atoms with Gasteiger partial charge in [0, 0.05) is 0 Å². The van der Waals surface area contributed by atoms with Crippen molar-refractivity contribution in [3.8, 4) is 6.07 Å². The summed E-state index contributed by atoms with van der Waals surface area (Å²) in [7, 11) is 0. The Morgan fingerprint density at radius 2 is 2.21 bits per heavy atom. The van der Waals surface area contributed by atoms with Crippen LogP contribution in [-0.4, -0.2) is 31.9 Å². The number of aliphatic hydroxyl groups is 1. The molecule has 0 aliphatic carbocycles. The fourth-order valence-electron chi connectivity index (χ4n) is 1.30. The number of alkyl halides is 3. The Morgan fingerprint density at radius 3 is 2.68 bits per heavy atom. The van der Waals surface area contributed by atoms with Crippen molar-refractivity contribution in [2.75, 3.05) is 0 Å². The van der Waals surface area contributed by atoms with Gasteiger partial charge in [0.1, 0.15) is 0 Å². The van der Waals surface area contributed by atoms with Crippen LogP contribution in [0.2, 0.25) is 10.4 Å². The maximum atomic E-state index is 12.8. The molecule has 0 fully saturated rings. The minimum absolute atomic E-state index is 0.240. The first kappa shape index (κ1) is 16.3. The number of pyridine rings is 1. The topological polar surface area (TPSA) is 56.9 Å². The van der Waals surface area contributed by atoms with Crippen LogP contribution in [0.4, 0.5) is 13.2 Å². The molecule has 2 atom stereocenters. The van der Waals surface area contributed by atoms with Gasteiger partial charge in [0.2, 0.25) is 0 Å². The van der Waals surface area contributed by atoms with Gasteiger partial charge in [-0.3, -0.25) is 0 Å². The fraction of sp³-hybridized carbons (Fsp3) is 0.455. The van der Waals surface area contributed by atoms with Gasteiger partial charge in [0.25, 0.3) is 0 Å². The third-order valence-corrected chi connectivity index (χ3v) is 5.37. The first-order valence-corrected chi connectivity index (χ1v) is 8.30. The van der Waals surface area contributed by atoms with Crippen molar-refractivity contribution in [2.45, 2.75) is 30.8 Å². The summed E-state index contributed by atoms with van der Waals surface area (Å²) in [5.41, 5.74) is -1.71. The monoisotopic (exact) mass is 354 g/mol. The predicted molar refractivity (Wildman–Crippen MR) is 66.9 cm³/mol. The molecule has 104 valence electrons. The van der Waals surface area contributed by atoms with E-state index in [1.165, 1.54) is 6.07 Å². The van der Waals surface area contributed by atoms with E-state index < -0.39 is 44.3 Å². The molecule has 0 radical (unpaired) electrons. The Bertz CT molecular complexity index is 502. The summed E-state index contributed by atoms with van der Waals surface area (Å²) < 4.78 is 38.6. The molecule has 1 aromatic heterocycles. The van der Waals surface area contributed by atoms with Crippen LogP contribution in [0.3, 0.4) is 0 Å². The van der Waals surface area contributed by atoms with Crippen molar-refractivity contribution >= 4 is 31.8 Å². The summed E-state index contributed by atoms with van der Waals surface area (Å²) in [6.07, 6.45) is -4.63. The molecule has 1 rings (SSSR count). The number of halogens is 4. The predicted octanol–water partition coefficient (Wildman–Crippen LogP) is 1.88. The fourth-order valence-corrected chi connectivity index (χ4v) is 4.14. The number of hydrogen-bond acceptors (Lipinski definition) is 3. The van der Waals surface area contributed by atoms with Crippen LogP contribution in [0.15, 0.2) is 6.07 Å². The summed E-state index contributed by atoms with van der Waals surface area (Å²) in [4.78, 5) is 3.81. The molecule has 3 nitrogen and oxygen atoms in total. The van der Waals surface area contributed by atoms with Crippen molar-refractivity contribution in [1.29, 1.82) is 5.26 Å². The van der Waals surface area contributed by atoms with E-state index in [1.807, 2.05) is 0 Å². The molecule has 19 heavy (non-hydrogen) atoms. The third-order valence-electron chi connectivity index (χ3n) is 2.38. The number of hydrogen-bond donors (Lipinski definition) is 1. The molecule has 0 saturated carbocycles. The zero-order chi connectivity index (χ0) is 14.6. The summed E-state index contributed by atoms with van der Waals surface area (Å²) in [6.45, 7) is 1.79. The van der Waals surface area contributed by atoms with Crippen molar-refractivity contribution in [1.82, 2.24) is 4.98 Å². The van der Waals surface area contributed by atoms with Crippen LogP contribution in [0, 0.1) is 11.3 Å². The van der Waals surface area contributed by atoms with Gasteiger partial charge in [-0.1, -0.05) is 0 Å². The molecule has 1 N–H and O–H groups in total. The second-order valence-corrected chi connectivity index (χ2v) is 6.80. The van der Waals surface area contributed by atoms with Crippen molar-refractivity contribution in [2.24, 2.45) is 0 Å². The van der Waals surface area contributed by atoms with E-state index in [-0.39, 0.29) is 4.48 Å². The van der Waals surface area contributed by atoms with E-state index in [0.717, 1.165) is 6.07 Å². The van der Waals surface area contributed by atoms with Crippen molar-refractivity contribution in [3.05, 3.63) is 22.3 Å². The van der Waals surface area contributed by atoms with Gasteiger partial charge in [0.05, 0.1) is 0 Å². The minimum atomic E-state index is -4.64. The average molecular weight is 355 g/mol. The van der Waals surface area contributed by atoms with Crippen LogP contribution < -0.4 is 4.48 Å². The van der Waals surface area contributed by atoms with E-state index in [0.29, 0.717) is 11.6 Å². The van der Waals surface area contributed by atoms with E-state index in [1.54, 1.807) is 6.92 Å². The van der Waals surface area contributed by atoms with Gasteiger partial charge < -0.3 is 0 Å². The van der Waals surface area contributed by atoms with Crippen LogP contribution in [0.25, 0.3) is 0 Å². The first-order chi connectivity index (χ1) is 8.79. The van der Waals surface area contributed by atoms with E-state index in [2.05, 4.69) is 4.98 Å². The summed E-state index contributed by atoms with van der Waals surface area (Å²) in [6, 6.07) is 2.29. The van der Waals surface area contributed by atoms with Crippen molar-refractivity contribution in [3.63, 3.8) is 0 Å². The van der Waals surface area contributed by atoms with Crippen molar-refractivity contribution < 1.29 is 18.3 Å². The molecule has 1 aromatic rings. The molecule has 0 aromatic carbocycles. The second kappa shape index (κ2) is 6.60. The molecular formula is C11H11AsClF3N2O. The Hall–Kier alpha value is -0.762. The maximum absolute atomic E-state index is 12.8. The van der Waals surface area contributed by atoms with Gasteiger partial charge in [-0.15, -0.1) is 0 Å². The second-order valence-electron chi connectivity index (χ2n) is 3.77. The average Bonchev–Trinajstić information content (AvgIpc) is 2.34. The van der Waals surface area contributed by atoms with E-state index >= 15 is 0 Å². The third kappa shape index (κ3) is 4.38. The SMILES string of the molecule is CCC(O)C[AsH]c1cc(C(F)(F)F)c(C#N)c(Cl)n1. The van der Waals surface area contributed by atoms with Gasteiger partial charge in [-0.05, 0) is 0 Å². The van der Waals surface area contributed by atoms with Crippen LogP contribution >= 0.6 is 11.6 Å². The Balaban J connectivity index is 3.11. The number of nitriles is 1. The summed E-state index contributed by atoms with van der Waals surface area (Å²) in [5.74, 6) is 0. The summed E-state index contributed by atoms with van der Waals surface area (Å²) >= 11 is 4.60. The number of aromatic nitrogens is 1.